The van der Waals surface area contributed by atoms with E-state index in [1.54, 1.807) is 12.6 Å². The minimum atomic E-state index is -0.0688. The summed E-state index contributed by atoms with van der Waals surface area (Å²) >= 11 is 1.53. The number of rotatable bonds is 9. The molecule has 7 heteroatoms. The number of aromatic amines is 1. The van der Waals surface area contributed by atoms with E-state index in [0.717, 1.165) is 39.2 Å². The van der Waals surface area contributed by atoms with Crippen molar-refractivity contribution in [3.05, 3.63) is 94.9 Å². The molecule has 0 aliphatic rings. The molecule has 0 spiro atoms. The summed E-state index contributed by atoms with van der Waals surface area (Å²) in [4.78, 5) is 20.7. The van der Waals surface area contributed by atoms with Crippen LogP contribution in [0.4, 0.5) is 5.69 Å². The van der Waals surface area contributed by atoms with E-state index >= 15 is 0 Å². The molecular weight excluding hydrogens is 458 g/mol. The Kier molecular flexibility index (Phi) is 6.77. The van der Waals surface area contributed by atoms with Gasteiger partial charge >= 0.3 is 0 Å². The number of benzene rings is 3. The summed E-state index contributed by atoms with van der Waals surface area (Å²) < 4.78 is 11.2. The summed E-state index contributed by atoms with van der Waals surface area (Å²) in [5.74, 6) is 1.36. The predicted octanol–water partition coefficient (Wildman–Crippen LogP) is 6.45. The van der Waals surface area contributed by atoms with Crippen LogP contribution in [0, 0.1) is 0 Å². The predicted molar refractivity (Wildman–Crippen MR) is 140 cm³/mol. The number of hydrogen-bond donors (Lipinski definition) is 2. The number of thiazole rings is 1. The summed E-state index contributed by atoms with van der Waals surface area (Å²) in [6.45, 7) is 0.358. The van der Waals surface area contributed by atoms with Gasteiger partial charge in [0.25, 0.3) is 0 Å². The number of hydrogen-bond acceptors (Lipinski definition) is 5. The SMILES string of the molecule is COc1ccc(-c2[nH]c3ccccc3c2CCC(=O)Nc2ccccc2OCc2cscn2)cc1. The highest BCUT2D eigenvalue weighted by atomic mass is 32.1. The summed E-state index contributed by atoms with van der Waals surface area (Å²) in [6.07, 6.45) is 0.935. The number of aromatic nitrogens is 2. The van der Waals surface area contributed by atoms with Gasteiger partial charge in [-0.25, -0.2) is 4.98 Å². The number of aryl methyl sites for hydroxylation is 1. The minimum Gasteiger partial charge on any atom is -0.497 e. The monoisotopic (exact) mass is 483 g/mol. The zero-order chi connectivity index (χ0) is 24.0. The van der Waals surface area contributed by atoms with E-state index < -0.39 is 0 Å². The maximum atomic E-state index is 13.0. The lowest BCUT2D eigenvalue weighted by Crippen LogP contribution is -2.13. The van der Waals surface area contributed by atoms with Crippen molar-refractivity contribution in [3.8, 4) is 22.8 Å². The molecule has 0 saturated heterocycles. The molecule has 2 aromatic heterocycles. The van der Waals surface area contributed by atoms with Crippen molar-refractivity contribution < 1.29 is 14.3 Å². The minimum absolute atomic E-state index is 0.0688. The van der Waals surface area contributed by atoms with Crippen LogP contribution in [0.3, 0.4) is 0 Å². The van der Waals surface area contributed by atoms with E-state index in [-0.39, 0.29) is 5.91 Å². The third kappa shape index (κ3) is 5.20. The van der Waals surface area contributed by atoms with Gasteiger partial charge in [-0.15, -0.1) is 11.3 Å². The third-order valence-electron chi connectivity index (χ3n) is 5.81. The first kappa shape index (κ1) is 22.7. The molecule has 5 aromatic rings. The van der Waals surface area contributed by atoms with Crippen molar-refractivity contribution >= 4 is 33.8 Å². The highest BCUT2D eigenvalue weighted by Crippen LogP contribution is 2.32. The second kappa shape index (κ2) is 10.4. The Hall–Kier alpha value is -4.10. The fraction of sp³-hybridized carbons (Fsp3) is 0.143. The van der Waals surface area contributed by atoms with Crippen molar-refractivity contribution in [1.29, 1.82) is 0 Å². The van der Waals surface area contributed by atoms with Gasteiger partial charge in [-0.1, -0.05) is 30.3 Å². The standard InChI is InChI=1S/C28H25N3O3S/c1-33-21-12-10-19(11-13-21)28-23(22-6-2-3-7-24(22)31-28)14-15-27(32)30-25-8-4-5-9-26(25)34-16-20-17-35-18-29-20/h2-13,17-18,31H,14-16H2,1H3,(H,30,32). The Labute approximate surface area is 207 Å². The lowest BCUT2D eigenvalue weighted by molar-refractivity contribution is -0.116. The van der Waals surface area contributed by atoms with Crippen molar-refractivity contribution in [2.45, 2.75) is 19.4 Å². The van der Waals surface area contributed by atoms with Gasteiger partial charge in [0.1, 0.15) is 18.1 Å². The zero-order valence-electron chi connectivity index (χ0n) is 19.3. The van der Waals surface area contributed by atoms with E-state index in [9.17, 15) is 4.79 Å². The Bertz CT molecular complexity index is 1430. The maximum Gasteiger partial charge on any atom is 0.224 e. The molecule has 0 saturated carbocycles. The van der Waals surface area contributed by atoms with Crippen LogP contribution in [-0.4, -0.2) is 23.0 Å². The normalized spacial score (nSPS) is 10.9. The molecule has 176 valence electrons. The third-order valence-corrected chi connectivity index (χ3v) is 6.45. The first-order valence-corrected chi connectivity index (χ1v) is 12.3. The van der Waals surface area contributed by atoms with Gasteiger partial charge in [0.05, 0.1) is 24.0 Å². The summed E-state index contributed by atoms with van der Waals surface area (Å²) in [7, 11) is 1.66. The lowest BCUT2D eigenvalue weighted by atomic mass is 10.0. The van der Waals surface area contributed by atoms with Crippen molar-refractivity contribution in [1.82, 2.24) is 9.97 Å². The first-order valence-electron chi connectivity index (χ1n) is 11.3. The average molecular weight is 484 g/mol. The number of amides is 1. The number of methoxy groups -OCH3 is 1. The molecule has 0 unspecified atom stereocenters. The van der Waals surface area contributed by atoms with Crippen LogP contribution in [0.2, 0.25) is 0 Å². The van der Waals surface area contributed by atoms with Crippen molar-refractivity contribution in [2.24, 2.45) is 0 Å². The Morgan fingerprint density at radius 1 is 1.03 bits per heavy atom. The Morgan fingerprint density at radius 2 is 1.83 bits per heavy atom. The highest BCUT2D eigenvalue weighted by Gasteiger charge is 2.15. The van der Waals surface area contributed by atoms with Gasteiger partial charge in [0.15, 0.2) is 0 Å². The number of nitrogens with zero attached hydrogens (tertiary/aromatic N) is 1. The van der Waals surface area contributed by atoms with Crippen LogP contribution >= 0.6 is 11.3 Å². The molecule has 5 rings (SSSR count). The zero-order valence-corrected chi connectivity index (χ0v) is 20.1. The second-order valence-corrected chi connectivity index (χ2v) is 8.78. The number of H-pyrrole nitrogens is 1. The van der Waals surface area contributed by atoms with Gasteiger partial charge in [0.2, 0.25) is 5.91 Å². The Morgan fingerprint density at radius 3 is 2.63 bits per heavy atom. The topological polar surface area (TPSA) is 76.2 Å². The van der Waals surface area contributed by atoms with Gasteiger partial charge in [-0.05, 0) is 60.0 Å². The van der Waals surface area contributed by atoms with Crippen LogP contribution < -0.4 is 14.8 Å². The van der Waals surface area contributed by atoms with Crippen LogP contribution in [0.1, 0.15) is 17.7 Å². The van der Waals surface area contributed by atoms with Gasteiger partial charge < -0.3 is 19.8 Å². The molecule has 3 aromatic carbocycles. The molecule has 2 heterocycles. The number of para-hydroxylation sites is 3. The highest BCUT2D eigenvalue weighted by molar-refractivity contribution is 7.07. The largest absolute Gasteiger partial charge is 0.497 e. The quantitative estimate of drug-likeness (QED) is 0.253. The van der Waals surface area contributed by atoms with Gasteiger partial charge in [0, 0.05) is 28.4 Å². The summed E-state index contributed by atoms with van der Waals surface area (Å²) in [6, 6.07) is 23.6. The lowest BCUT2D eigenvalue weighted by Gasteiger charge is -2.12. The van der Waals surface area contributed by atoms with Crippen molar-refractivity contribution in [3.63, 3.8) is 0 Å². The molecule has 0 fully saturated rings. The number of carbonyl (C=O) groups excluding carboxylic acids is 1. The van der Waals surface area contributed by atoms with E-state index in [4.69, 9.17) is 9.47 Å². The second-order valence-electron chi connectivity index (χ2n) is 8.07. The molecule has 0 atom stereocenters. The van der Waals surface area contributed by atoms with E-state index in [0.29, 0.717) is 30.9 Å². The molecule has 0 aliphatic carbocycles. The molecule has 0 radical (unpaired) electrons. The van der Waals surface area contributed by atoms with Crippen LogP contribution in [0.5, 0.6) is 11.5 Å². The Balaban J connectivity index is 1.32. The van der Waals surface area contributed by atoms with Crippen LogP contribution in [0.25, 0.3) is 22.2 Å². The number of fused-ring (bicyclic) bond motifs is 1. The van der Waals surface area contributed by atoms with Crippen molar-refractivity contribution in [2.75, 3.05) is 12.4 Å². The van der Waals surface area contributed by atoms with Gasteiger partial charge in [-0.3, -0.25) is 4.79 Å². The summed E-state index contributed by atoms with van der Waals surface area (Å²) in [5, 5.41) is 6.09. The van der Waals surface area contributed by atoms with E-state index in [1.807, 2.05) is 66.0 Å². The molecule has 1 amide bonds. The molecular formula is C28H25N3O3S. The van der Waals surface area contributed by atoms with E-state index in [1.165, 1.54) is 11.3 Å². The van der Waals surface area contributed by atoms with E-state index in [2.05, 4.69) is 27.4 Å². The fourth-order valence-corrected chi connectivity index (χ4v) is 4.61. The smallest absolute Gasteiger partial charge is 0.224 e. The fourth-order valence-electron chi connectivity index (χ4n) is 4.07. The number of anilines is 1. The maximum absolute atomic E-state index is 13.0. The molecule has 0 aliphatic heterocycles. The number of ether oxygens (including phenoxy) is 2. The molecule has 6 nitrogen and oxygen atoms in total. The van der Waals surface area contributed by atoms with Gasteiger partial charge in [-0.2, -0.15) is 0 Å². The molecule has 2 N–H and O–H groups in total. The van der Waals surface area contributed by atoms with Crippen LogP contribution in [-0.2, 0) is 17.8 Å². The first-order chi connectivity index (χ1) is 17.2. The van der Waals surface area contributed by atoms with Crippen LogP contribution in [0.15, 0.2) is 83.7 Å². The number of carbonyl (C=O) groups is 1. The molecule has 0 bridgehead atoms. The number of nitrogens with one attached hydrogen (secondary N) is 2. The average Bonchev–Trinajstić information content (AvgIpc) is 3.55. The molecule has 35 heavy (non-hydrogen) atoms. The summed E-state index contributed by atoms with van der Waals surface area (Å²) in [5.41, 5.74) is 7.54.